The molecule has 27 heavy (non-hydrogen) atoms. The first kappa shape index (κ1) is 16.7. The second-order valence-corrected chi connectivity index (χ2v) is 5.50. The molecule has 0 atom stereocenters. The smallest absolute Gasteiger partial charge is 0.322 e. The first-order valence-electron chi connectivity index (χ1n) is 7.95. The van der Waals surface area contributed by atoms with E-state index in [9.17, 15) is 4.79 Å². The van der Waals surface area contributed by atoms with Gasteiger partial charge in [0, 0.05) is 11.6 Å². The van der Waals surface area contributed by atoms with Crippen LogP contribution in [-0.2, 0) is 0 Å². The molecule has 0 saturated carbocycles. The van der Waals surface area contributed by atoms with Crippen molar-refractivity contribution >= 4 is 11.9 Å². The number of benzene rings is 2. The predicted octanol–water partition coefficient (Wildman–Crippen LogP) is 2.73. The Labute approximate surface area is 153 Å². The molecule has 0 aliphatic carbocycles. The van der Waals surface area contributed by atoms with Crippen LogP contribution in [-0.4, -0.2) is 37.1 Å². The number of carbonyl (C=O) groups excluding carboxylic acids is 1. The van der Waals surface area contributed by atoms with Gasteiger partial charge in [0.2, 0.25) is 6.79 Å². The van der Waals surface area contributed by atoms with E-state index >= 15 is 0 Å². The summed E-state index contributed by atoms with van der Waals surface area (Å²) in [6.07, 6.45) is 0. The third-order valence-electron chi connectivity index (χ3n) is 3.92. The number of fused-ring (bicyclic) bond motifs is 1. The molecule has 3 aromatic rings. The number of carbonyl (C=O) groups is 1. The monoisotopic (exact) mass is 369 g/mol. The summed E-state index contributed by atoms with van der Waals surface area (Å²) in [5.41, 5.74) is 0.954. The van der Waals surface area contributed by atoms with E-state index in [0.717, 1.165) is 0 Å². The number of hydrogen-bond donors (Lipinski definition) is 1. The molecule has 1 aliphatic rings. The van der Waals surface area contributed by atoms with Crippen LogP contribution in [0.1, 0.15) is 10.4 Å². The van der Waals surface area contributed by atoms with Crippen molar-refractivity contribution in [1.29, 1.82) is 0 Å². The van der Waals surface area contributed by atoms with Crippen LogP contribution in [0.15, 0.2) is 40.8 Å². The molecule has 9 heteroatoms. The highest BCUT2D eigenvalue weighted by Crippen LogP contribution is 2.34. The second-order valence-electron chi connectivity index (χ2n) is 5.50. The molecule has 0 radical (unpaired) electrons. The number of amides is 1. The summed E-state index contributed by atoms with van der Waals surface area (Å²) in [6, 6.07) is 10.0. The van der Waals surface area contributed by atoms with Gasteiger partial charge in [-0.1, -0.05) is 5.10 Å². The van der Waals surface area contributed by atoms with Gasteiger partial charge in [0.05, 0.1) is 19.8 Å². The lowest BCUT2D eigenvalue weighted by Crippen LogP contribution is -2.12. The zero-order chi connectivity index (χ0) is 18.8. The molecule has 2 heterocycles. The molecular formula is C18H15N3O6. The molecule has 1 aliphatic heterocycles. The first-order valence-corrected chi connectivity index (χ1v) is 7.95. The largest absolute Gasteiger partial charge is 0.497 e. The SMILES string of the molecule is COc1ccc(-c2nnc(NC(=O)c3ccc4c(c3)OCO4)o2)c(OC)c1. The fourth-order valence-corrected chi connectivity index (χ4v) is 2.56. The summed E-state index contributed by atoms with van der Waals surface area (Å²) in [7, 11) is 3.09. The number of aromatic nitrogens is 2. The molecule has 2 aromatic carbocycles. The minimum atomic E-state index is -0.412. The zero-order valence-corrected chi connectivity index (χ0v) is 14.5. The van der Waals surface area contributed by atoms with Crippen LogP contribution < -0.4 is 24.3 Å². The Morgan fingerprint density at radius 3 is 2.70 bits per heavy atom. The average Bonchev–Trinajstić information content (AvgIpc) is 3.36. The normalized spacial score (nSPS) is 11.9. The standard InChI is InChI=1S/C18H15N3O6/c1-23-11-4-5-12(14(8-11)24-2)17-20-21-18(27-17)19-16(22)10-3-6-13-15(7-10)26-9-25-13/h3-8H,9H2,1-2H3,(H,19,21,22). The van der Waals surface area contributed by atoms with Gasteiger partial charge in [0.1, 0.15) is 11.5 Å². The summed E-state index contributed by atoms with van der Waals surface area (Å²) in [5.74, 6) is 2.04. The maximum atomic E-state index is 12.4. The van der Waals surface area contributed by atoms with E-state index in [-0.39, 0.29) is 18.7 Å². The van der Waals surface area contributed by atoms with E-state index in [2.05, 4.69) is 15.5 Å². The summed E-state index contributed by atoms with van der Waals surface area (Å²) in [4.78, 5) is 12.4. The van der Waals surface area contributed by atoms with E-state index < -0.39 is 5.91 Å². The van der Waals surface area contributed by atoms with Crippen molar-refractivity contribution < 1.29 is 28.2 Å². The lowest BCUT2D eigenvalue weighted by molar-refractivity contribution is 0.102. The van der Waals surface area contributed by atoms with Crippen molar-refractivity contribution in [2.24, 2.45) is 0 Å². The van der Waals surface area contributed by atoms with Crippen molar-refractivity contribution in [3.8, 4) is 34.5 Å². The summed E-state index contributed by atoms with van der Waals surface area (Å²) in [5, 5.41) is 10.4. The van der Waals surface area contributed by atoms with E-state index in [0.29, 0.717) is 34.1 Å². The number of hydrogen-bond acceptors (Lipinski definition) is 8. The van der Waals surface area contributed by atoms with E-state index in [1.165, 1.54) is 7.11 Å². The average molecular weight is 369 g/mol. The van der Waals surface area contributed by atoms with E-state index in [1.807, 2.05) is 0 Å². The van der Waals surface area contributed by atoms with E-state index in [4.69, 9.17) is 23.4 Å². The van der Waals surface area contributed by atoms with Gasteiger partial charge in [-0.05, 0) is 30.3 Å². The minimum Gasteiger partial charge on any atom is -0.497 e. The molecule has 0 spiro atoms. The molecule has 0 fully saturated rings. The molecule has 9 nitrogen and oxygen atoms in total. The molecule has 1 aromatic heterocycles. The summed E-state index contributed by atoms with van der Waals surface area (Å²) >= 11 is 0. The molecule has 0 saturated heterocycles. The van der Waals surface area contributed by atoms with Crippen LogP contribution in [0, 0.1) is 0 Å². The van der Waals surface area contributed by atoms with Gasteiger partial charge in [-0.25, -0.2) is 0 Å². The zero-order valence-electron chi connectivity index (χ0n) is 14.5. The van der Waals surface area contributed by atoms with Crippen LogP contribution in [0.2, 0.25) is 0 Å². The number of nitrogens with one attached hydrogen (secondary N) is 1. The van der Waals surface area contributed by atoms with Crippen molar-refractivity contribution in [1.82, 2.24) is 10.2 Å². The Morgan fingerprint density at radius 2 is 1.89 bits per heavy atom. The molecule has 138 valence electrons. The van der Waals surface area contributed by atoms with Gasteiger partial charge in [-0.15, -0.1) is 5.10 Å². The van der Waals surface area contributed by atoms with Crippen LogP contribution in [0.3, 0.4) is 0 Å². The highest BCUT2D eigenvalue weighted by atomic mass is 16.7. The van der Waals surface area contributed by atoms with Crippen LogP contribution >= 0.6 is 0 Å². The fourth-order valence-electron chi connectivity index (χ4n) is 2.56. The Morgan fingerprint density at radius 1 is 1.04 bits per heavy atom. The maximum absolute atomic E-state index is 12.4. The van der Waals surface area contributed by atoms with Gasteiger partial charge in [-0.3, -0.25) is 10.1 Å². The Hall–Kier alpha value is -3.75. The first-order chi connectivity index (χ1) is 13.2. The number of methoxy groups -OCH3 is 2. The lowest BCUT2D eigenvalue weighted by Gasteiger charge is -2.07. The number of anilines is 1. The molecule has 0 bridgehead atoms. The minimum absolute atomic E-state index is 0.0365. The van der Waals surface area contributed by atoms with Crippen LogP contribution in [0.4, 0.5) is 6.01 Å². The Balaban J connectivity index is 1.54. The Kier molecular flexibility index (Phi) is 4.25. The molecular weight excluding hydrogens is 354 g/mol. The quantitative estimate of drug-likeness (QED) is 0.732. The number of nitrogens with zero attached hydrogens (tertiary/aromatic N) is 2. The van der Waals surface area contributed by atoms with Crippen LogP contribution in [0.25, 0.3) is 11.5 Å². The number of ether oxygens (including phenoxy) is 4. The fraction of sp³-hybridized carbons (Fsp3) is 0.167. The topological polar surface area (TPSA) is 105 Å². The summed E-state index contributed by atoms with van der Waals surface area (Å²) in [6.45, 7) is 0.136. The highest BCUT2D eigenvalue weighted by Gasteiger charge is 2.19. The maximum Gasteiger partial charge on any atom is 0.322 e. The van der Waals surface area contributed by atoms with Gasteiger partial charge < -0.3 is 23.4 Å². The molecule has 1 N–H and O–H groups in total. The van der Waals surface area contributed by atoms with Crippen molar-refractivity contribution in [2.75, 3.05) is 26.3 Å². The predicted molar refractivity (Wildman–Crippen MR) is 93.4 cm³/mol. The number of rotatable bonds is 5. The van der Waals surface area contributed by atoms with E-state index in [1.54, 1.807) is 43.5 Å². The third kappa shape index (κ3) is 3.22. The highest BCUT2D eigenvalue weighted by molar-refractivity contribution is 6.03. The van der Waals surface area contributed by atoms with Crippen molar-refractivity contribution in [3.63, 3.8) is 0 Å². The lowest BCUT2D eigenvalue weighted by atomic mass is 10.2. The Bertz CT molecular complexity index is 1000. The van der Waals surface area contributed by atoms with Gasteiger partial charge >= 0.3 is 6.01 Å². The summed E-state index contributed by atoms with van der Waals surface area (Å²) < 4.78 is 26.5. The van der Waals surface area contributed by atoms with Crippen LogP contribution in [0.5, 0.6) is 23.0 Å². The van der Waals surface area contributed by atoms with Crippen molar-refractivity contribution in [3.05, 3.63) is 42.0 Å². The van der Waals surface area contributed by atoms with Crippen molar-refractivity contribution in [2.45, 2.75) is 0 Å². The molecule has 4 rings (SSSR count). The molecule has 1 amide bonds. The molecule has 0 unspecified atom stereocenters. The van der Waals surface area contributed by atoms with Gasteiger partial charge in [0.15, 0.2) is 11.5 Å². The third-order valence-corrected chi connectivity index (χ3v) is 3.92. The second kappa shape index (κ2) is 6.87. The van der Waals surface area contributed by atoms with Gasteiger partial charge in [0.25, 0.3) is 11.8 Å². The van der Waals surface area contributed by atoms with Gasteiger partial charge in [-0.2, -0.15) is 0 Å².